The molecular weight excluding hydrogens is 271 g/mol. The maximum Gasteiger partial charge on any atom is 0.391 e. The Balaban J connectivity index is 2.62. The lowest BCUT2D eigenvalue weighted by molar-refractivity contribution is -0.149. The molecular formula is C14H20F3NO2. The summed E-state index contributed by atoms with van der Waals surface area (Å²) in [6, 6.07) is 7.13. The predicted molar refractivity (Wildman–Crippen MR) is 70.9 cm³/mol. The van der Waals surface area contributed by atoms with E-state index in [4.69, 9.17) is 9.47 Å². The van der Waals surface area contributed by atoms with Gasteiger partial charge in [0.2, 0.25) is 0 Å². The van der Waals surface area contributed by atoms with Gasteiger partial charge in [0.1, 0.15) is 5.75 Å². The maximum absolute atomic E-state index is 12.1. The summed E-state index contributed by atoms with van der Waals surface area (Å²) in [5.74, 6) is 0.700. The molecule has 1 aromatic carbocycles. The van der Waals surface area contributed by atoms with E-state index in [2.05, 4.69) is 5.32 Å². The van der Waals surface area contributed by atoms with Crippen LogP contribution in [0.25, 0.3) is 0 Å². The second-order valence-corrected chi connectivity index (χ2v) is 4.31. The highest BCUT2D eigenvalue weighted by molar-refractivity contribution is 5.28. The molecule has 0 aliphatic carbocycles. The topological polar surface area (TPSA) is 30.5 Å². The summed E-state index contributed by atoms with van der Waals surface area (Å²) in [5, 5.41) is 3.09. The van der Waals surface area contributed by atoms with Gasteiger partial charge in [0, 0.05) is 6.54 Å². The van der Waals surface area contributed by atoms with Gasteiger partial charge in [-0.2, -0.15) is 13.2 Å². The van der Waals surface area contributed by atoms with Crippen molar-refractivity contribution in [3.63, 3.8) is 0 Å². The van der Waals surface area contributed by atoms with Crippen molar-refractivity contribution in [2.45, 2.75) is 25.6 Å². The standard InChI is InChI=1S/C14H20F3NO2/c1-3-18-10-13(20-9-8-14(15,16)17)11-4-6-12(19-2)7-5-11/h4-7,13,18H,3,8-10H2,1-2H3. The van der Waals surface area contributed by atoms with E-state index >= 15 is 0 Å². The van der Waals surface area contributed by atoms with Crippen LogP contribution in [-0.4, -0.2) is 33.0 Å². The quantitative estimate of drug-likeness (QED) is 0.797. The Morgan fingerprint density at radius 1 is 1.20 bits per heavy atom. The molecule has 0 aromatic heterocycles. The molecule has 0 radical (unpaired) electrons. The van der Waals surface area contributed by atoms with Crippen molar-refractivity contribution in [2.75, 3.05) is 26.8 Å². The molecule has 0 saturated heterocycles. The van der Waals surface area contributed by atoms with Crippen molar-refractivity contribution >= 4 is 0 Å². The third-order valence-electron chi connectivity index (χ3n) is 2.77. The normalized spacial score (nSPS) is 13.2. The van der Waals surface area contributed by atoms with Crippen LogP contribution < -0.4 is 10.1 Å². The van der Waals surface area contributed by atoms with Gasteiger partial charge in [0.25, 0.3) is 0 Å². The molecule has 1 rings (SSSR count). The molecule has 0 aliphatic rings. The lowest BCUT2D eigenvalue weighted by atomic mass is 10.1. The first-order valence-electron chi connectivity index (χ1n) is 6.49. The van der Waals surface area contributed by atoms with Crippen LogP contribution in [0.4, 0.5) is 13.2 Å². The van der Waals surface area contributed by atoms with Crippen molar-refractivity contribution < 1.29 is 22.6 Å². The Morgan fingerprint density at radius 3 is 2.35 bits per heavy atom. The average Bonchev–Trinajstić information content (AvgIpc) is 2.41. The Hall–Kier alpha value is -1.27. The fraction of sp³-hybridized carbons (Fsp3) is 0.571. The minimum Gasteiger partial charge on any atom is -0.497 e. The minimum atomic E-state index is -4.19. The molecule has 0 saturated carbocycles. The van der Waals surface area contributed by atoms with E-state index in [0.717, 1.165) is 12.1 Å². The Kier molecular flexibility index (Phi) is 6.81. The molecule has 0 amide bonds. The van der Waals surface area contributed by atoms with Gasteiger partial charge in [-0.15, -0.1) is 0 Å². The van der Waals surface area contributed by atoms with Crippen LogP contribution in [0.15, 0.2) is 24.3 Å². The van der Waals surface area contributed by atoms with Crippen molar-refractivity contribution in [1.82, 2.24) is 5.32 Å². The zero-order valence-electron chi connectivity index (χ0n) is 11.7. The van der Waals surface area contributed by atoms with E-state index in [1.165, 1.54) is 0 Å². The SMILES string of the molecule is CCNCC(OCCC(F)(F)F)c1ccc(OC)cc1. The monoisotopic (exact) mass is 291 g/mol. The number of alkyl halides is 3. The zero-order valence-corrected chi connectivity index (χ0v) is 11.7. The first-order valence-corrected chi connectivity index (χ1v) is 6.49. The first-order chi connectivity index (χ1) is 9.46. The molecule has 20 heavy (non-hydrogen) atoms. The second-order valence-electron chi connectivity index (χ2n) is 4.31. The molecule has 0 aliphatic heterocycles. The van der Waals surface area contributed by atoms with Crippen LogP contribution in [0.3, 0.4) is 0 Å². The number of benzene rings is 1. The zero-order chi connectivity index (χ0) is 15.0. The summed E-state index contributed by atoms with van der Waals surface area (Å²) in [7, 11) is 1.56. The van der Waals surface area contributed by atoms with E-state index < -0.39 is 18.7 Å². The first kappa shape index (κ1) is 16.8. The van der Waals surface area contributed by atoms with Crippen LogP contribution >= 0.6 is 0 Å². The third kappa shape index (κ3) is 6.25. The number of likely N-dealkylation sites (N-methyl/N-ethyl adjacent to an activating group) is 1. The molecule has 1 atom stereocenters. The van der Waals surface area contributed by atoms with Crippen molar-refractivity contribution in [3.8, 4) is 5.75 Å². The van der Waals surface area contributed by atoms with Gasteiger partial charge in [0.05, 0.1) is 26.2 Å². The molecule has 114 valence electrons. The molecule has 6 heteroatoms. The summed E-state index contributed by atoms with van der Waals surface area (Å²) >= 11 is 0. The van der Waals surface area contributed by atoms with Crippen LogP contribution in [0, 0.1) is 0 Å². The molecule has 1 aromatic rings. The molecule has 0 spiro atoms. The number of hydrogen-bond donors (Lipinski definition) is 1. The number of hydrogen-bond acceptors (Lipinski definition) is 3. The Morgan fingerprint density at radius 2 is 1.85 bits per heavy atom. The summed E-state index contributed by atoms with van der Waals surface area (Å²) < 4.78 is 46.8. The van der Waals surface area contributed by atoms with Crippen molar-refractivity contribution in [2.24, 2.45) is 0 Å². The van der Waals surface area contributed by atoms with Gasteiger partial charge < -0.3 is 14.8 Å². The van der Waals surface area contributed by atoms with Gasteiger partial charge in [0.15, 0.2) is 0 Å². The number of methoxy groups -OCH3 is 1. The molecule has 0 fully saturated rings. The lowest BCUT2D eigenvalue weighted by Gasteiger charge is -2.19. The van der Waals surface area contributed by atoms with E-state index in [9.17, 15) is 13.2 Å². The third-order valence-corrected chi connectivity index (χ3v) is 2.77. The van der Waals surface area contributed by atoms with Crippen molar-refractivity contribution in [1.29, 1.82) is 0 Å². The summed E-state index contributed by atoms with van der Waals surface area (Å²) in [5.41, 5.74) is 0.828. The Labute approximate surface area is 117 Å². The molecule has 0 heterocycles. The molecule has 0 bridgehead atoms. The van der Waals surface area contributed by atoms with Gasteiger partial charge in [-0.05, 0) is 24.2 Å². The van der Waals surface area contributed by atoms with Gasteiger partial charge >= 0.3 is 6.18 Å². The van der Waals surface area contributed by atoms with Crippen LogP contribution in [0.2, 0.25) is 0 Å². The van der Waals surface area contributed by atoms with Gasteiger partial charge in [-0.1, -0.05) is 19.1 Å². The Bertz CT molecular complexity index is 379. The average molecular weight is 291 g/mol. The van der Waals surface area contributed by atoms with E-state index in [0.29, 0.717) is 12.3 Å². The number of rotatable bonds is 8. The number of ether oxygens (including phenoxy) is 2. The number of nitrogens with one attached hydrogen (secondary N) is 1. The second kappa shape index (κ2) is 8.11. The van der Waals surface area contributed by atoms with Gasteiger partial charge in [-0.3, -0.25) is 0 Å². The molecule has 1 unspecified atom stereocenters. The number of halogens is 3. The maximum atomic E-state index is 12.1. The van der Waals surface area contributed by atoms with Crippen molar-refractivity contribution in [3.05, 3.63) is 29.8 Å². The van der Waals surface area contributed by atoms with E-state index in [1.807, 2.05) is 6.92 Å². The van der Waals surface area contributed by atoms with Crippen LogP contribution in [-0.2, 0) is 4.74 Å². The molecule has 1 N–H and O–H groups in total. The fourth-order valence-electron chi connectivity index (χ4n) is 1.68. The van der Waals surface area contributed by atoms with E-state index in [1.54, 1.807) is 31.4 Å². The highest BCUT2D eigenvalue weighted by atomic mass is 19.4. The van der Waals surface area contributed by atoms with Crippen LogP contribution in [0.5, 0.6) is 5.75 Å². The summed E-state index contributed by atoms with van der Waals surface area (Å²) in [6.45, 7) is 2.79. The fourth-order valence-corrected chi connectivity index (χ4v) is 1.68. The highest BCUT2D eigenvalue weighted by Gasteiger charge is 2.27. The summed E-state index contributed by atoms with van der Waals surface area (Å²) in [4.78, 5) is 0. The van der Waals surface area contributed by atoms with Gasteiger partial charge in [-0.25, -0.2) is 0 Å². The minimum absolute atomic E-state index is 0.342. The predicted octanol–water partition coefficient (Wildman–Crippen LogP) is 3.31. The summed E-state index contributed by atoms with van der Waals surface area (Å²) in [6.07, 6.45) is -5.53. The molecule has 3 nitrogen and oxygen atoms in total. The lowest BCUT2D eigenvalue weighted by Crippen LogP contribution is -2.24. The van der Waals surface area contributed by atoms with E-state index in [-0.39, 0.29) is 6.61 Å². The van der Waals surface area contributed by atoms with Crippen LogP contribution in [0.1, 0.15) is 25.0 Å². The highest BCUT2D eigenvalue weighted by Crippen LogP contribution is 2.23. The largest absolute Gasteiger partial charge is 0.497 e. The smallest absolute Gasteiger partial charge is 0.391 e.